The monoisotopic (exact) mass is 362 g/mol. The molecular weight excluding hydrogens is 348 g/mol. The fraction of sp³-hybridized carbons (Fsp3) is 0.235. The number of aromatic nitrogens is 2. The molecule has 0 fully saturated rings. The predicted octanol–water partition coefficient (Wildman–Crippen LogP) is 5.71. The normalized spacial score (nSPS) is 13.0. The minimum atomic E-state index is -0.250. The molecule has 0 bridgehead atoms. The second kappa shape index (κ2) is 5.82. The molecule has 0 saturated carbocycles. The van der Waals surface area contributed by atoms with Crippen LogP contribution in [-0.2, 0) is 0 Å². The van der Waals surface area contributed by atoms with Gasteiger partial charge in [0.1, 0.15) is 11.2 Å². The van der Waals surface area contributed by atoms with Gasteiger partial charge in [-0.25, -0.2) is 4.98 Å². The highest BCUT2D eigenvalue weighted by atomic mass is 79.9. The van der Waals surface area contributed by atoms with Gasteiger partial charge >= 0.3 is 0 Å². The number of benzene rings is 2. The zero-order valence-corrected chi connectivity index (χ0v) is 14.3. The van der Waals surface area contributed by atoms with E-state index in [1.54, 1.807) is 0 Å². The lowest BCUT2D eigenvalue weighted by molar-refractivity contribution is 0.588. The molecule has 0 amide bonds. The van der Waals surface area contributed by atoms with Gasteiger partial charge in [-0.15, -0.1) is 11.6 Å². The molecule has 1 aromatic heterocycles. The van der Waals surface area contributed by atoms with Crippen LogP contribution in [0.4, 0.5) is 0 Å². The Morgan fingerprint density at radius 2 is 1.81 bits per heavy atom. The molecule has 0 N–H and O–H groups in total. The van der Waals surface area contributed by atoms with E-state index in [0.717, 1.165) is 26.9 Å². The molecule has 108 valence electrons. The Bertz CT molecular complexity index is 765. The molecule has 1 unspecified atom stereocenters. The summed E-state index contributed by atoms with van der Waals surface area (Å²) < 4.78 is 3.24. The van der Waals surface area contributed by atoms with Gasteiger partial charge in [0.25, 0.3) is 0 Å². The Morgan fingerprint density at radius 1 is 1.10 bits per heavy atom. The molecule has 21 heavy (non-hydrogen) atoms. The van der Waals surface area contributed by atoms with Crippen LogP contribution in [0.15, 0.2) is 53.0 Å². The van der Waals surface area contributed by atoms with Crippen LogP contribution >= 0.6 is 27.5 Å². The van der Waals surface area contributed by atoms with E-state index in [0.29, 0.717) is 6.04 Å². The zero-order chi connectivity index (χ0) is 15.0. The van der Waals surface area contributed by atoms with Crippen LogP contribution in [0.3, 0.4) is 0 Å². The van der Waals surface area contributed by atoms with E-state index in [-0.39, 0.29) is 5.38 Å². The van der Waals surface area contributed by atoms with Gasteiger partial charge in [0.05, 0.1) is 11.0 Å². The van der Waals surface area contributed by atoms with Crippen molar-refractivity contribution in [2.24, 2.45) is 0 Å². The number of imidazole rings is 1. The van der Waals surface area contributed by atoms with E-state index in [9.17, 15) is 0 Å². The van der Waals surface area contributed by atoms with Crippen molar-refractivity contribution < 1.29 is 0 Å². The first-order chi connectivity index (χ1) is 10.1. The molecule has 0 saturated heterocycles. The van der Waals surface area contributed by atoms with E-state index in [4.69, 9.17) is 16.6 Å². The van der Waals surface area contributed by atoms with E-state index in [2.05, 4.69) is 40.4 Å². The van der Waals surface area contributed by atoms with Crippen LogP contribution in [0.5, 0.6) is 0 Å². The average molecular weight is 364 g/mol. The molecule has 0 aliphatic heterocycles. The van der Waals surface area contributed by atoms with Gasteiger partial charge in [-0.1, -0.05) is 46.3 Å². The van der Waals surface area contributed by atoms with Gasteiger partial charge in [-0.05, 0) is 37.6 Å². The molecule has 2 nitrogen and oxygen atoms in total. The Labute approximate surface area is 137 Å². The molecule has 0 aliphatic carbocycles. The third-order valence-corrected chi connectivity index (χ3v) is 4.45. The van der Waals surface area contributed by atoms with Crippen molar-refractivity contribution in [2.75, 3.05) is 0 Å². The smallest absolute Gasteiger partial charge is 0.132 e. The van der Waals surface area contributed by atoms with Crippen molar-refractivity contribution in [3.63, 3.8) is 0 Å². The molecule has 1 heterocycles. The summed E-state index contributed by atoms with van der Waals surface area (Å²) in [4.78, 5) is 4.77. The molecular formula is C17H16BrClN2. The maximum Gasteiger partial charge on any atom is 0.132 e. The lowest BCUT2D eigenvalue weighted by atomic mass is 10.1. The van der Waals surface area contributed by atoms with E-state index in [1.807, 2.05) is 42.5 Å². The third-order valence-electron chi connectivity index (χ3n) is 3.51. The molecule has 0 radical (unpaired) electrons. The van der Waals surface area contributed by atoms with Crippen molar-refractivity contribution >= 4 is 38.6 Å². The van der Waals surface area contributed by atoms with Crippen LogP contribution in [0.2, 0.25) is 0 Å². The van der Waals surface area contributed by atoms with Crippen molar-refractivity contribution in [1.29, 1.82) is 0 Å². The number of fused-ring (bicyclic) bond motifs is 1. The van der Waals surface area contributed by atoms with Crippen molar-refractivity contribution in [3.8, 4) is 0 Å². The summed E-state index contributed by atoms with van der Waals surface area (Å²) in [6.45, 7) is 4.31. The van der Waals surface area contributed by atoms with Crippen molar-refractivity contribution in [1.82, 2.24) is 9.55 Å². The summed E-state index contributed by atoms with van der Waals surface area (Å²) in [5.74, 6) is 0.894. The molecule has 3 rings (SSSR count). The maximum absolute atomic E-state index is 6.70. The number of rotatable bonds is 3. The summed E-state index contributed by atoms with van der Waals surface area (Å²) in [7, 11) is 0. The third kappa shape index (κ3) is 2.72. The molecule has 0 spiro atoms. The van der Waals surface area contributed by atoms with Gasteiger partial charge in [-0.3, -0.25) is 0 Å². The second-order valence-electron chi connectivity index (χ2n) is 5.34. The Hall–Kier alpha value is -1.32. The number of nitrogens with zero attached hydrogens (tertiary/aromatic N) is 2. The van der Waals surface area contributed by atoms with Crippen LogP contribution in [0.25, 0.3) is 11.0 Å². The standard InChI is InChI=1S/C17H16BrClN2/c1-11(2)21-15-9-8-13(18)10-14(15)20-17(21)16(19)12-6-4-3-5-7-12/h3-11,16H,1-2H3. The molecule has 4 heteroatoms. The van der Waals surface area contributed by atoms with Gasteiger partial charge in [0.15, 0.2) is 0 Å². The highest BCUT2D eigenvalue weighted by Crippen LogP contribution is 2.33. The fourth-order valence-corrected chi connectivity index (χ4v) is 3.23. The summed E-state index contributed by atoms with van der Waals surface area (Å²) >= 11 is 10.2. The Balaban J connectivity index is 2.19. The van der Waals surface area contributed by atoms with Crippen LogP contribution in [-0.4, -0.2) is 9.55 Å². The van der Waals surface area contributed by atoms with Crippen LogP contribution in [0.1, 0.15) is 36.7 Å². The van der Waals surface area contributed by atoms with Crippen LogP contribution in [0, 0.1) is 0 Å². The summed E-state index contributed by atoms with van der Waals surface area (Å²) in [5, 5.41) is -0.250. The summed E-state index contributed by atoms with van der Waals surface area (Å²) in [6, 6.07) is 16.5. The first-order valence-electron chi connectivity index (χ1n) is 6.94. The SMILES string of the molecule is CC(C)n1c(C(Cl)c2ccccc2)nc2cc(Br)ccc21. The largest absolute Gasteiger partial charge is 0.324 e. The van der Waals surface area contributed by atoms with Gasteiger partial charge in [0, 0.05) is 10.5 Å². The van der Waals surface area contributed by atoms with Crippen LogP contribution < -0.4 is 0 Å². The average Bonchev–Trinajstić information content (AvgIpc) is 2.85. The van der Waals surface area contributed by atoms with Gasteiger partial charge < -0.3 is 4.57 Å². The molecule has 0 aliphatic rings. The second-order valence-corrected chi connectivity index (χ2v) is 6.69. The number of hydrogen-bond acceptors (Lipinski definition) is 1. The van der Waals surface area contributed by atoms with E-state index < -0.39 is 0 Å². The quantitative estimate of drug-likeness (QED) is 0.545. The Kier molecular flexibility index (Phi) is 4.05. The highest BCUT2D eigenvalue weighted by molar-refractivity contribution is 9.10. The topological polar surface area (TPSA) is 17.8 Å². The minimum absolute atomic E-state index is 0.250. The van der Waals surface area contributed by atoms with E-state index in [1.165, 1.54) is 0 Å². The lowest BCUT2D eigenvalue weighted by Gasteiger charge is -2.16. The first-order valence-corrected chi connectivity index (χ1v) is 8.17. The Morgan fingerprint density at radius 3 is 2.48 bits per heavy atom. The number of hydrogen-bond donors (Lipinski definition) is 0. The van der Waals surface area contributed by atoms with Crippen molar-refractivity contribution in [3.05, 3.63) is 64.4 Å². The predicted molar refractivity (Wildman–Crippen MR) is 92.0 cm³/mol. The maximum atomic E-state index is 6.70. The molecule has 1 atom stereocenters. The molecule has 2 aromatic carbocycles. The van der Waals surface area contributed by atoms with E-state index >= 15 is 0 Å². The summed E-state index contributed by atoms with van der Waals surface area (Å²) in [5.41, 5.74) is 3.15. The zero-order valence-electron chi connectivity index (χ0n) is 11.9. The fourth-order valence-electron chi connectivity index (χ4n) is 2.58. The number of halogens is 2. The highest BCUT2D eigenvalue weighted by Gasteiger charge is 2.21. The van der Waals surface area contributed by atoms with Gasteiger partial charge in [0.2, 0.25) is 0 Å². The minimum Gasteiger partial charge on any atom is -0.324 e. The van der Waals surface area contributed by atoms with Crippen molar-refractivity contribution in [2.45, 2.75) is 25.3 Å². The van der Waals surface area contributed by atoms with Gasteiger partial charge in [-0.2, -0.15) is 0 Å². The molecule has 3 aromatic rings. The first kappa shape index (κ1) is 14.6. The number of alkyl halides is 1. The lowest BCUT2D eigenvalue weighted by Crippen LogP contribution is -2.09. The summed E-state index contributed by atoms with van der Waals surface area (Å²) in [6.07, 6.45) is 0.